The molecule has 0 aliphatic carbocycles. The first-order valence-electron chi connectivity index (χ1n) is 10.7. The molecule has 0 bridgehead atoms. The van der Waals surface area contributed by atoms with E-state index in [0.717, 1.165) is 62.4 Å². The van der Waals surface area contributed by atoms with Gasteiger partial charge in [0.25, 0.3) is 5.91 Å². The zero-order chi connectivity index (χ0) is 20.2. The molecule has 1 fully saturated rings. The van der Waals surface area contributed by atoms with Gasteiger partial charge in [0, 0.05) is 56.4 Å². The number of nitrogens with one attached hydrogen (secondary N) is 1. The Balaban J connectivity index is 1.21. The second-order valence-corrected chi connectivity index (χ2v) is 8.25. The predicted octanol–water partition coefficient (Wildman–Crippen LogP) is 3.26. The Morgan fingerprint density at radius 3 is 2.76 bits per heavy atom. The van der Waals surface area contributed by atoms with Crippen LogP contribution in [0.2, 0.25) is 0 Å². The van der Waals surface area contributed by atoms with Gasteiger partial charge in [-0.1, -0.05) is 12.1 Å². The van der Waals surface area contributed by atoms with E-state index in [0.29, 0.717) is 6.61 Å². The van der Waals surface area contributed by atoms with Crippen LogP contribution in [0.3, 0.4) is 0 Å². The van der Waals surface area contributed by atoms with Crippen LogP contribution in [0.1, 0.15) is 34.8 Å². The lowest BCUT2D eigenvalue weighted by molar-refractivity contribution is 0.0935. The molecule has 1 saturated heterocycles. The van der Waals surface area contributed by atoms with Gasteiger partial charge < -0.3 is 15.0 Å². The van der Waals surface area contributed by atoms with Crippen LogP contribution in [0.4, 0.5) is 5.69 Å². The molecular formula is C24H31N3O2. The summed E-state index contributed by atoms with van der Waals surface area (Å²) in [6.07, 6.45) is 1.85. The maximum Gasteiger partial charge on any atom is 0.251 e. The van der Waals surface area contributed by atoms with Crippen molar-refractivity contribution in [3.63, 3.8) is 0 Å². The molecule has 2 heterocycles. The van der Waals surface area contributed by atoms with Crippen LogP contribution in [0.15, 0.2) is 42.5 Å². The normalized spacial score (nSPS) is 17.5. The first kappa shape index (κ1) is 19.8. The number of carbonyl (C=O) groups is 1. The summed E-state index contributed by atoms with van der Waals surface area (Å²) in [5, 5.41) is 3.15. The molecule has 29 heavy (non-hydrogen) atoms. The van der Waals surface area contributed by atoms with Gasteiger partial charge in [0.05, 0.1) is 6.61 Å². The number of rotatable bonds is 6. The number of fused-ring (bicyclic) bond motifs is 1. The maximum absolute atomic E-state index is 12.6. The molecule has 0 radical (unpaired) electrons. The summed E-state index contributed by atoms with van der Waals surface area (Å²) >= 11 is 0. The fourth-order valence-electron chi connectivity index (χ4n) is 4.14. The van der Waals surface area contributed by atoms with Crippen molar-refractivity contribution in [3.8, 4) is 5.75 Å². The van der Waals surface area contributed by atoms with E-state index in [2.05, 4.69) is 53.2 Å². The molecular weight excluding hydrogens is 362 g/mol. The average Bonchev–Trinajstić information content (AvgIpc) is 3.20. The number of hydrogen-bond acceptors (Lipinski definition) is 4. The van der Waals surface area contributed by atoms with Crippen molar-refractivity contribution in [3.05, 3.63) is 59.2 Å². The average molecular weight is 394 g/mol. The van der Waals surface area contributed by atoms with Gasteiger partial charge in [-0.3, -0.25) is 9.69 Å². The molecule has 4 rings (SSSR count). The molecule has 1 unspecified atom stereocenters. The highest BCUT2D eigenvalue weighted by Crippen LogP contribution is 2.26. The lowest BCUT2D eigenvalue weighted by Gasteiger charge is -2.36. The number of amides is 1. The van der Waals surface area contributed by atoms with Crippen LogP contribution in [-0.4, -0.2) is 56.2 Å². The number of aryl methyl sites for hydroxylation is 1. The fourth-order valence-corrected chi connectivity index (χ4v) is 4.14. The number of hydrogen-bond donors (Lipinski definition) is 1. The van der Waals surface area contributed by atoms with Crippen LogP contribution >= 0.6 is 0 Å². The number of nitrogens with zero attached hydrogens (tertiary/aromatic N) is 2. The highest BCUT2D eigenvalue weighted by Gasteiger charge is 2.19. The summed E-state index contributed by atoms with van der Waals surface area (Å²) in [4.78, 5) is 17.5. The zero-order valence-corrected chi connectivity index (χ0v) is 17.5. The van der Waals surface area contributed by atoms with Gasteiger partial charge in [-0.15, -0.1) is 0 Å². The van der Waals surface area contributed by atoms with Crippen LogP contribution in [0.25, 0.3) is 0 Å². The van der Waals surface area contributed by atoms with Gasteiger partial charge in [-0.2, -0.15) is 0 Å². The molecule has 0 aromatic heterocycles. The monoisotopic (exact) mass is 393 g/mol. The predicted molar refractivity (Wildman–Crippen MR) is 117 cm³/mol. The zero-order valence-electron chi connectivity index (χ0n) is 17.5. The number of piperazine rings is 1. The third kappa shape index (κ3) is 4.91. The highest BCUT2D eigenvalue weighted by atomic mass is 16.5. The molecule has 2 aromatic rings. The van der Waals surface area contributed by atoms with Gasteiger partial charge in [-0.25, -0.2) is 0 Å². The molecule has 5 nitrogen and oxygen atoms in total. The Labute approximate surface area is 173 Å². The summed E-state index contributed by atoms with van der Waals surface area (Å²) in [7, 11) is 0. The summed E-state index contributed by atoms with van der Waals surface area (Å²) < 4.78 is 5.52. The maximum atomic E-state index is 12.6. The number of carbonyl (C=O) groups excluding carboxylic acids is 1. The number of ether oxygens (including phenoxy) is 1. The Morgan fingerprint density at radius 1 is 1.14 bits per heavy atom. The van der Waals surface area contributed by atoms with E-state index in [1.807, 2.05) is 18.2 Å². The van der Waals surface area contributed by atoms with E-state index in [1.54, 1.807) is 0 Å². The molecule has 2 aromatic carbocycles. The lowest BCUT2D eigenvalue weighted by Crippen LogP contribution is -2.47. The van der Waals surface area contributed by atoms with E-state index >= 15 is 0 Å². The Hall–Kier alpha value is -2.53. The van der Waals surface area contributed by atoms with Gasteiger partial charge in [-0.05, 0) is 61.7 Å². The molecule has 0 spiro atoms. The van der Waals surface area contributed by atoms with E-state index in [-0.39, 0.29) is 11.9 Å². The molecule has 1 N–H and O–H groups in total. The van der Waals surface area contributed by atoms with E-state index in [1.165, 1.54) is 11.3 Å². The number of benzene rings is 2. The third-order valence-electron chi connectivity index (χ3n) is 5.95. The van der Waals surface area contributed by atoms with Crippen LogP contribution in [0, 0.1) is 6.92 Å². The first-order valence-corrected chi connectivity index (χ1v) is 10.7. The van der Waals surface area contributed by atoms with Crippen molar-refractivity contribution >= 4 is 11.6 Å². The van der Waals surface area contributed by atoms with Crippen LogP contribution in [0.5, 0.6) is 5.75 Å². The van der Waals surface area contributed by atoms with Crippen molar-refractivity contribution < 1.29 is 9.53 Å². The number of anilines is 1. The van der Waals surface area contributed by atoms with Gasteiger partial charge in [0.2, 0.25) is 0 Å². The lowest BCUT2D eigenvalue weighted by atomic mass is 10.1. The van der Waals surface area contributed by atoms with E-state index in [4.69, 9.17) is 4.74 Å². The Morgan fingerprint density at radius 2 is 1.97 bits per heavy atom. The minimum Gasteiger partial charge on any atom is -0.493 e. The summed E-state index contributed by atoms with van der Waals surface area (Å²) in [6.45, 7) is 10.2. The fraction of sp³-hybridized carbons (Fsp3) is 0.458. The summed E-state index contributed by atoms with van der Waals surface area (Å²) in [5.41, 5.74) is 4.50. The standard InChI is InChI=1S/C24H31N3O2/c1-18-4-3-5-22(16-18)27-13-11-26(12-14-27)10-8-19(2)25-24(28)21-6-7-23-20(17-21)9-15-29-23/h3-7,16-17,19H,8-15H2,1-2H3,(H,25,28). The van der Waals surface area contributed by atoms with E-state index < -0.39 is 0 Å². The summed E-state index contributed by atoms with van der Waals surface area (Å²) in [5.74, 6) is 0.927. The van der Waals surface area contributed by atoms with Crippen LogP contribution in [-0.2, 0) is 6.42 Å². The van der Waals surface area contributed by atoms with Gasteiger partial charge in [0.15, 0.2) is 0 Å². The quantitative estimate of drug-likeness (QED) is 0.818. The van der Waals surface area contributed by atoms with Crippen molar-refractivity contribution in [2.24, 2.45) is 0 Å². The minimum atomic E-state index is 0.0106. The third-order valence-corrected chi connectivity index (χ3v) is 5.95. The molecule has 1 amide bonds. The second-order valence-electron chi connectivity index (χ2n) is 8.25. The SMILES string of the molecule is Cc1cccc(N2CCN(CCC(C)NC(=O)c3ccc4c(c3)CCO4)CC2)c1. The largest absolute Gasteiger partial charge is 0.493 e. The Kier molecular flexibility index (Phi) is 6.05. The van der Waals surface area contributed by atoms with E-state index in [9.17, 15) is 4.79 Å². The molecule has 2 aliphatic heterocycles. The highest BCUT2D eigenvalue weighted by molar-refractivity contribution is 5.94. The van der Waals surface area contributed by atoms with Gasteiger partial charge >= 0.3 is 0 Å². The first-order chi connectivity index (χ1) is 14.1. The Bertz CT molecular complexity index is 859. The van der Waals surface area contributed by atoms with Crippen molar-refractivity contribution in [2.45, 2.75) is 32.7 Å². The molecule has 0 saturated carbocycles. The van der Waals surface area contributed by atoms with Crippen LogP contribution < -0.4 is 15.0 Å². The van der Waals surface area contributed by atoms with Crippen molar-refractivity contribution in [1.29, 1.82) is 0 Å². The smallest absolute Gasteiger partial charge is 0.251 e. The molecule has 5 heteroatoms. The molecule has 2 aliphatic rings. The molecule has 154 valence electrons. The van der Waals surface area contributed by atoms with Gasteiger partial charge in [0.1, 0.15) is 5.75 Å². The van der Waals surface area contributed by atoms with Crippen molar-refractivity contribution in [1.82, 2.24) is 10.2 Å². The minimum absolute atomic E-state index is 0.0106. The van der Waals surface area contributed by atoms with Crippen molar-refractivity contribution in [2.75, 3.05) is 44.2 Å². The summed E-state index contributed by atoms with van der Waals surface area (Å²) in [6, 6.07) is 14.6. The topological polar surface area (TPSA) is 44.8 Å². The molecule has 1 atom stereocenters. The second kappa shape index (κ2) is 8.87.